The van der Waals surface area contributed by atoms with Gasteiger partial charge in [0, 0.05) is 24.5 Å². The molecule has 134 valence electrons. The van der Waals surface area contributed by atoms with Crippen molar-refractivity contribution in [3.05, 3.63) is 29.6 Å². The van der Waals surface area contributed by atoms with E-state index in [0.717, 1.165) is 24.2 Å². The van der Waals surface area contributed by atoms with Crippen LogP contribution in [-0.4, -0.2) is 29.5 Å². The molecule has 24 heavy (non-hydrogen) atoms. The number of aliphatic imine (C=N–C) groups is 2. The minimum absolute atomic E-state index is 0.370. The summed E-state index contributed by atoms with van der Waals surface area (Å²) in [5.74, 6) is 0. The monoisotopic (exact) mass is 329 g/mol. The highest BCUT2D eigenvalue weighted by atomic mass is 14.8. The van der Waals surface area contributed by atoms with Crippen LogP contribution in [0.3, 0.4) is 0 Å². The summed E-state index contributed by atoms with van der Waals surface area (Å²) < 4.78 is 0. The summed E-state index contributed by atoms with van der Waals surface area (Å²) >= 11 is 0. The highest BCUT2D eigenvalue weighted by Gasteiger charge is 2.00. The predicted octanol–water partition coefficient (Wildman–Crippen LogP) is 5.86. The fourth-order valence-corrected chi connectivity index (χ4v) is 2.55. The van der Waals surface area contributed by atoms with Gasteiger partial charge in [-0.05, 0) is 38.8 Å². The number of unbranched alkanes of at least 4 members (excludes halogenated alkanes) is 4. The van der Waals surface area contributed by atoms with Crippen LogP contribution >= 0.6 is 0 Å². The Morgan fingerprint density at radius 2 is 1.29 bits per heavy atom. The summed E-state index contributed by atoms with van der Waals surface area (Å²) in [6.07, 6.45) is 13.7. The third-order valence-corrected chi connectivity index (χ3v) is 4.17. The Hall–Kier alpha value is -1.51. The molecular weight excluding hydrogens is 294 g/mol. The van der Waals surface area contributed by atoms with Crippen LogP contribution in [0.25, 0.3) is 0 Å². The maximum atomic E-state index is 4.62. The molecule has 0 bridgehead atoms. The molecule has 2 unspecified atom stereocenters. The van der Waals surface area contributed by atoms with Crippen LogP contribution in [0.5, 0.6) is 0 Å². The maximum Gasteiger partial charge on any atom is 0.0815 e. The van der Waals surface area contributed by atoms with Gasteiger partial charge in [-0.2, -0.15) is 0 Å². The SMILES string of the molecule is CCCCCC(C)N=Cc1cccc(C=NC(C)CCCCC)n1. The fraction of sp³-hybridized carbons (Fsp3) is 0.667. The molecule has 2 atom stereocenters. The van der Waals surface area contributed by atoms with Crippen LogP contribution in [0.4, 0.5) is 0 Å². The van der Waals surface area contributed by atoms with Gasteiger partial charge in [0.25, 0.3) is 0 Å². The van der Waals surface area contributed by atoms with Gasteiger partial charge < -0.3 is 0 Å². The van der Waals surface area contributed by atoms with Gasteiger partial charge in [-0.15, -0.1) is 0 Å². The molecule has 0 aromatic carbocycles. The first kappa shape index (κ1) is 20.5. The molecule has 3 nitrogen and oxygen atoms in total. The number of nitrogens with zero attached hydrogens (tertiary/aromatic N) is 3. The standard InChI is InChI=1S/C21H35N3/c1-5-7-9-12-18(3)22-16-20-14-11-15-21(24-20)17-23-19(4)13-10-8-6-2/h11,14-19H,5-10,12-13H2,1-4H3. The van der Waals surface area contributed by atoms with Crippen molar-refractivity contribution < 1.29 is 0 Å². The molecule has 0 amide bonds. The van der Waals surface area contributed by atoms with E-state index in [0.29, 0.717) is 12.1 Å². The molecular formula is C21H35N3. The Labute approximate surface area is 148 Å². The first-order chi connectivity index (χ1) is 11.7. The van der Waals surface area contributed by atoms with Crippen molar-refractivity contribution in [3.63, 3.8) is 0 Å². The second-order valence-corrected chi connectivity index (χ2v) is 6.73. The lowest BCUT2D eigenvalue weighted by atomic mass is 10.1. The van der Waals surface area contributed by atoms with E-state index in [1.54, 1.807) is 0 Å². The zero-order valence-electron chi connectivity index (χ0n) is 16.0. The third kappa shape index (κ3) is 9.59. The lowest BCUT2D eigenvalue weighted by Gasteiger charge is -2.05. The van der Waals surface area contributed by atoms with E-state index in [1.165, 1.54) is 38.5 Å². The zero-order valence-corrected chi connectivity index (χ0v) is 16.0. The van der Waals surface area contributed by atoms with Crippen molar-refractivity contribution in [3.8, 4) is 0 Å². The van der Waals surface area contributed by atoms with Crippen molar-refractivity contribution in [2.45, 2.75) is 91.1 Å². The minimum atomic E-state index is 0.370. The molecule has 0 fully saturated rings. The zero-order chi connectivity index (χ0) is 17.6. The van der Waals surface area contributed by atoms with E-state index in [1.807, 2.05) is 30.6 Å². The molecule has 0 radical (unpaired) electrons. The predicted molar refractivity (Wildman–Crippen MR) is 107 cm³/mol. The molecule has 0 N–H and O–H groups in total. The van der Waals surface area contributed by atoms with Gasteiger partial charge >= 0.3 is 0 Å². The smallest absolute Gasteiger partial charge is 0.0815 e. The fourth-order valence-electron chi connectivity index (χ4n) is 2.55. The molecule has 0 aliphatic heterocycles. The number of hydrogen-bond donors (Lipinski definition) is 0. The summed E-state index contributed by atoms with van der Waals surface area (Å²) in [5.41, 5.74) is 1.83. The Balaban J connectivity index is 2.50. The lowest BCUT2D eigenvalue weighted by Crippen LogP contribution is -2.02. The molecule has 0 aliphatic carbocycles. The first-order valence-corrected chi connectivity index (χ1v) is 9.69. The Bertz CT molecular complexity index is 452. The second kappa shape index (κ2) is 12.9. The van der Waals surface area contributed by atoms with Crippen LogP contribution in [0.1, 0.15) is 90.4 Å². The normalized spacial score (nSPS) is 14.5. The molecule has 0 aliphatic rings. The van der Waals surface area contributed by atoms with Crippen LogP contribution in [0, 0.1) is 0 Å². The topological polar surface area (TPSA) is 37.6 Å². The van der Waals surface area contributed by atoms with Crippen molar-refractivity contribution in [1.29, 1.82) is 0 Å². The van der Waals surface area contributed by atoms with Crippen molar-refractivity contribution in [1.82, 2.24) is 4.98 Å². The van der Waals surface area contributed by atoms with Gasteiger partial charge in [-0.1, -0.05) is 58.4 Å². The van der Waals surface area contributed by atoms with Crippen molar-refractivity contribution >= 4 is 12.4 Å². The molecule has 1 aromatic rings. The van der Waals surface area contributed by atoms with Gasteiger partial charge in [-0.25, -0.2) is 4.98 Å². The largest absolute Gasteiger partial charge is 0.288 e. The van der Waals surface area contributed by atoms with E-state index < -0.39 is 0 Å². The number of aromatic nitrogens is 1. The second-order valence-electron chi connectivity index (χ2n) is 6.73. The molecule has 0 saturated heterocycles. The summed E-state index contributed by atoms with van der Waals surface area (Å²) in [5, 5.41) is 0. The van der Waals surface area contributed by atoms with Gasteiger partial charge in [0.05, 0.1) is 11.4 Å². The summed E-state index contributed by atoms with van der Waals surface area (Å²) in [6, 6.07) is 6.77. The Morgan fingerprint density at radius 1 is 0.833 bits per heavy atom. The lowest BCUT2D eigenvalue weighted by molar-refractivity contribution is 0.594. The number of pyridine rings is 1. The highest BCUT2D eigenvalue weighted by Crippen LogP contribution is 2.07. The Morgan fingerprint density at radius 3 is 1.71 bits per heavy atom. The van der Waals surface area contributed by atoms with E-state index in [2.05, 4.69) is 42.7 Å². The average molecular weight is 330 g/mol. The van der Waals surface area contributed by atoms with Gasteiger partial charge in [0.1, 0.15) is 0 Å². The van der Waals surface area contributed by atoms with Crippen molar-refractivity contribution in [2.24, 2.45) is 9.98 Å². The average Bonchev–Trinajstić information content (AvgIpc) is 2.59. The quantitative estimate of drug-likeness (QED) is 0.350. The van der Waals surface area contributed by atoms with Crippen LogP contribution in [0.2, 0.25) is 0 Å². The molecule has 1 rings (SSSR count). The first-order valence-electron chi connectivity index (χ1n) is 9.69. The van der Waals surface area contributed by atoms with E-state index in [9.17, 15) is 0 Å². The molecule has 0 spiro atoms. The van der Waals surface area contributed by atoms with Crippen LogP contribution in [0.15, 0.2) is 28.2 Å². The third-order valence-electron chi connectivity index (χ3n) is 4.17. The van der Waals surface area contributed by atoms with E-state index in [-0.39, 0.29) is 0 Å². The summed E-state index contributed by atoms with van der Waals surface area (Å²) in [7, 11) is 0. The van der Waals surface area contributed by atoms with Crippen molar-refractivity contribution in [2.75, 3.05) is 0 Å². The highest BCUT2D eigenvalue weighted by molar-refractivity contribution is 5.81. The Kier molecular flexibility index (Phi) is 11.0. The number of hydrogen-bond acceptors (Lipinski definition) is 3. The minimum Gasteiger partial charge on any atom is -0.288 e. The van der Waals surface area contributed by atoms with E-state index in [4.69, 9.17) is 0 Å². The maximum absolute atomic E-state index is 4.62. The van der Waals surface area contributed by atoms with Gasteiger partial charge in [0.15, 0.2) is 0 Å². The molecule has 0 saturated carbocycles. The van der Waals surface area contributed by atoms with Gasteiger partial charge in [0.2, 0.25) is 0 Å². The molecule has 3 heteroatoms. The van der Waals surface area contributed by atoms with Crippen LogP contribution in [-0.2, 0) is 0 Å². The summed E-state index contributed by atoms with van der Waals surface area (Å²) in [6.45, 7) is 8.82. The van der Waals surface area contributed by atoms with Crippen LogP contribution < -0.4 is 0 Å². The van der Waals surface area contributed by atoms with E-state index >= 15 is 0 Å². The molecule has 1 aromatic heterocycles. The number of rotatable bonds is 12. The van der Waals surface area contributed by atoms with Gasteiger partial charge in [-0.3, -0.25) is 9.98 Å². The molecule has 1 heterocycles. The summed E-state index contributed by atoms with van der Waals surface area (Å²) in [4.78, 5) is 13.9.